The summed E-state index contributed by atoms with van der Waals surface area (Å²) in [5.74, 6) is 2.00. The molecule has 0 aromatic carbocycles. The molecule has 0 saturated heterocycles. The summed E-state index contributed by atoms with van der Waals surface area (Å²) in [4.78, 5) is 2.44. The van der Waals surface area contributed by atoms with Crippen molar-refractivity contribution in [1.29, 1.82) is 0 Å². The molecule has 1 N–H and O–H groups in total. The molecule has 1 aliphatic rings. The van der Waals surface area contributed by atoms with Gasteiger partial charge in [-0.3, -0.25) is 0 Å². The molecule has 2 rings (SSSR count). The highest BCUT2D eigenvalue weighted by atomic mass is 16.3. The summed E-state index contributed by atoms with van der Waals surface area (Å²) in [6.07, 6.45) is 7.49. The zero-order valence-electron chi connectivity index (χ0n) is 12.6. The zero-order chi connectivity index (χ0) is 13.7. The summed E-state index contributed by atoms with van der Waals surface area (Å²) >= 11 is 0. The topological polar surface area (TPSA) is 28.4 Å². The Hall–Kier alpha value is -0.800. The molecule has 0 unspecified atom stereocenters. The van der Waals surface area contributed by atoms with Gasteiger partial charge in [-0.1, -0.05) is 26.7 Å². The van der Waals surface area contributed by atoms with Gasteiger partial charge < -0.3 is 14.6 Å². The summed E-state index contributed by atoms with van der Waals surface area (Å²) in [6, 6.07) is 2.61. The highest BCUT2D eigenvalue weighted by molar-refractivity contribution is 5.16. The number of rotatable bonds is 7. The Morgan fingerprint density at radius 2 is 2.11 bits per heavy atom. The molecule has 0 spiro atoms. The van der Waals surface area contributed by atoms with Crippen molar-refractivity contribution in [2.45, 2.75) is 58.7 Å². The highest BCUT2D eigenvalue weighted by Gasteiger charge is 2.17. The van der Waals surface area contributed by atoms with Crippen LogP contribution in [0.15, 0.2) is 16.7 Å². The minimum Gasteiger partial charge on any atom is -0.468 e. The molecular weight excluding hydrogens is 236 g/mol. The molecule has 0 amide bonds. The normalized spacial score (nSPS) is 16.9. The average Bonchev–Trinajstić information content (AvgIpc) is 2.98. The van der Waals surface area contributed by atoms with Gasteiger partial charge in [-0.15, -0.1) is 0 Å². The van der Waals surface area contributed by atoms with E-state index in [0.717, 1.165) is 24.8 Å². The highest BCUT2D eigenvalue weighted by Crippen LogP contribution is 2.25. The van der Waals surface area contributed by atoms with Crippen LogP contribution in [-0.4, -0.2) is 24.5 Å². The van der Waals surface area contributed by atoms with E-state index in [2.05, 4.69) is 37.2 Å². The summed E-state index contributed by atoms with van der Waals surface area (Å²) in [5, 5.41) is 3.42. The quantitative estimate of drug-likeness (QED) is 0.818. The third-order valence-corrected chi connectivity index (χ3v) is 3.99. The van der Waals surface area contributed by atoms with E-state index in [1.54, 1.807) is 0 Å². The summed E-state index contributed by atoms with van der Waals surface area (Å²) < 4.78 is 5.60. The number of nitrogens with one attached hydrogen (secondary N) is 1. The lowest BCUT2D eigenvalue weighted by atomic mass is 10.1. The molecule has 3 heteroatoms. The summed E-state index contributed by atoms with van der Waals surface area (Å²) in [6.45, 7) is 7.38. The van der Waals surface area contributed by atoms with E-state index in [-0.39, 0.29) is 0 Å². The molecule has 1 aromatic rings. The molecule has 108 valence electrons. The third kappa shape index (κ3) is 4.66. The van der Waals surface area contributed by atoms with Gasteiger partial charge in [0.05, 0.1) is 12.8 Å². The lowest BCUT2D eigenvalue weighted by Crippen LogP contribution is -2.26. The van der Waals surface area contributed by atoms with Gasteiger partial charge in [0, 0.05) is 24.7 Å². The van der Waals surface area contributed by atoms with E-state index < -0.39 is 0 Å². The maximum Gasteiger partial charge on any atom is 0.122 e. The van der Waals surface area contributed by atoms with Gasteiger partial charge in [0.15, 0.2) is 0 Å². The second kappa shape index (κ2) is 7.11. The second-order valence-electron chi connectivity index (χ2n) is 6.25. The average molecular weight is 264 g/mol. The molecule has 19 heavy (non-hydrogen) atoms. The van der Waals surface area contributed by atoms with Crippen molar-refractivity contribution in [3.8, 4) is 0 Å². The number of hydrogen-bond acceptors (Lipinski definition) is 3. The van der Waals surface area contributed by atoms with Gasteiger partial charge in [-0.05, 0) is 31.9 Å². The van der Waals surface area contributed by atoms with E-state index in [0.29, 0.717) is 6.04 Å². The predicted molar refractivity (Wildman–Crippen MR) is 79.0 cm³/mol. The van der Waals surface area contributed by atoms with Gasteiger partial charge in [0.25, 0.3) is 0 Å². The van der Waals surface area contributed by atoms with Crippen LogP contribution in [-0.2, 0) is 13.1 Å². The Morgan fingerprint density at radius 3 is 2.79 bits per heavy atom. The smallest absolute Gasteiger partial charge is 0.122 e. The van der Waals surface area contributed by atoms with Gasteiger partial charge in [-0.25, -0.2) is 0 Å². The van der Waals surface area contributed by atoms with E-state index in [1.807, 2.05) is 6.26 Å². The number of hydrogen-bond donors (Lipinski definition) is 1. The fraction of sp³-hybridized carbons (Fsp3) is 0.750. The molecule has 3 nitrogen and oxygen atoms in total. The Bertz CT molecular complexity index is 367. The molecule has 0 aliphatic heterocycles. The lowest BCUT2D eigenvalue weighted by Gasteiger charge is -2.20. The van der Waals surface area contributed by atoms with Crippen molar-refractivity contribution in [3.05, 3.63) is 23.7 Å². The van der Waals surface area contributed by atoms with Gasteiger partial charge >= 0.3 is 0 Å². The van der Waals surface area contributed by atoms with Crippen molar-refractivity contribution in [1.82, 2.24) is 10.2 Å². The maximum absolute atomic E-state index is 5.60. The Morgan fingerprint density at radius 1 is 1.37 bits per heavy atom. The molecule has 1 fully saturated rings. The SMILES string of the molecule is CC(C)NCc1occc1CN(C)CC1CCCC1. The molecular formula is C16H28N2O. The first-order valence-corrected chi connectivity index (χ1v) is 7.62. The van der Waals surface area contributed by atoms with Crippen LogP contribution in [0.3, 0.4) is 0 Å². The summed E-state index contributed by atoms with van der Waals surface area (Å²) in [7, 11) is 2.23. The van der Waals surface area contributed by atoms with E-state index >= 15 is 0 Å². The predicted octanol–water partition coefficient (Wildman–Crippen LogP) is 3.40. The van der Waals surface area contributed by atoms with Gasteiger partial charge in [0.2, 0.25) is 0 Å². The van der Waals surface area contributed by atoms with Crippen molar-refractivity contribution in [3.63, 3.8) is 0 Å². The minimum absolute atomic E-state index is 0.495. The Labute approximate surface area is 117 Å². The third-order valence-electron chi connectivity index (χ3n) is 3.99. The molecule has 0 radical (unpaired) electrons. The Kier molecular flexibility index (Phi) is 5.46. The standard InChI is InChI=1S/C16H28N2O/c1-13(2)17-10-16-15(8-9-19-16)12-18(3)11-14-6-4-5-7-14/h8-9,13-14,17H,4-7,10-12H2,1-3H3. The molecule has 1 aliphatic carbocycles. The van der Waals surface area contributed by atoms with Crippen molar-refractivity contribution < 1.29 is 4.42 Å². The first-order chi connectivity index (χ1) is 9.15. The van der Waals surface area contributed by atoms with Gasteiger partial charge in [0.1, 0.15) is 5.76 Å². The molecule has 0 bridgehead atoms. The van der Waals surface area contributed by atoms with Crippen molar-refractivity contribution in [2.24, 2.45) is 5.92 Å². The van der Waals surface area contributed by atoms with Crippen LogP contribution in [0, 0.1) is 5.92 Å². The molecule has 1 saturated carbocycles. The van der Waals surface area contributed by atoms with Crippen LogP contribution >= 0.6 is 0 Å². The first kappa shape index (κ1) is 14.6. The largest absolute Gasteiger partial charge is 0.468 e. The fourth-order valence-corrected chi connectivity index (χ4v) is 2.95. The van der Waals surface area contributed by atoms with Crippen LogP contribution in [0.25, 0.3) is 0 Å². The summed E-state index contributed by atoms with van der Waals surface area (Å²) in [5.41, 5.74) is 1.33. The van der Waals surface area contributed by atoms with E-state index in [1.165, 1.54) is 37.8 Å². The van der Waals surface area contributed by atoms with Gasteiger partial charge in [-0.2, -0.15) is 0 Å². The van der Waals surface area contributed by atoms with E-state index in [9.17, 15) is 0 Å². The van der Waals surface area contributed by atoms with Crippen LogP contribution in [0.5, 0.6) is 0 Å². The van der Waals surface area contributed by atoms with Crippen LogP contribution in [0.4, 0.5) is 0 Å². The maximum atomic E-state index is 5.60. The zero-order valence-corrected chi connectivity index (χ0v) is 12.6. The van der Waals surface area contributed by atoms with Crippen LogP contribution in [0.2, 0.25) is 0 Å². The monoisotopic (exact) mass is 264 g/mol. The van der Waals surface area contributed by atoms with Crippen LogP contribution < -0.4 is 5.32 Å². The van der Waals surface area contributed by atoms with Crippen LogP contribution in [0.1, 0.15) is 50.9 Å². The molecule has 1 aromatic heterocycles. The lowest BCUT2D eigenvalue weighted by molar-refractivity contribution is 0.268. The first-order valence-electron chi connectivity index (χ1n) is 7.62. The number of furan rings is 1. The fourth-order valence-electron chi connectivity index (χ4n) is 2.95. The molecule has 1 heterocycles. The second-order valence-corrected chi connectivity index (χ2v) is 6.25. The minimum atomic E-state index is 0.495. The van der Waals surface area contributed by atoms with E-state index in [4.69, 9.17) is 4.42 Å². The van der Waals surface area contributed by atoms with Crippen molar-refractivity contribution >= 4 is 0 Å². The number of nitrogens with zero attached hydrogens (tertiary/aromatic N) is 1. The van der Waals surface area contributed by atoms with Crippen molar-refractivity contribution in [2.75, 3.05) is 13.6 Å². The molecule has 0 atom stereocenters. The Balaban J connectivity index is 1.82.